The van der Waals surface area contributed by atoms with Crippen molar-refractivity contribution in [2.75, 3.05) is 5.01 Å². The van der Waals surface area contributed by atoms with Crippen LogP contribution in [0.1, 0.15) is 47.0 Å². The first-order valence-corrected chi connectivity index (χ1v) is 5.74. The summed E-state index contributed by atoms with van der Waals surface area (Å²) < 4.78 is 4.84. The van der Waals surface area contributed by atoms with Crippen molar-refractivity contribution in [1.29, 1.82) is 0 Å². The highest BCUT2D eigenvalue weighted by Gasteiger charge is 2.48. The van der Waals surface area contributed by atoms with Gasteiger partial charge in [-0.05, 0) is 47.0 Å². The van der Waals surface area contributed by atoms with Gasteiger partial charge in [0.25, 0.3) is 6.20 Å². The van der Waals surface area contributed by atoms with Gasteiger partial charge >= 0.3 is 0 Å². The molecule has 16 heavy (non-hydrogen) atoms. The van der Waals surface area contributed by atoms with Crippen molar-refractivity contribution in [3.05, 3.63) is 11.9 Å². The Morgan fingerprint density at radius 2 is 1.88 bits per heavy atom. The Balaban J connectivity index is 2.41. The summed E-state index contributed by atoms with van der Waals surface area (Å²) in [6.45, 7) is 8.83. The van der Waals surface area contributed by atoms with Crippen LogP contribution in [0, 0.1) is 0 Å². The van der Waals surface area contributed by atoms with Crippen LogP contribution in [0.25, 0.3) is 5.73 Å². The van der Waals surface area contributed by atoms with Crippen LogP contribution in [0.5, 0.6) is 0 Å². The molecule has 5 nitrogen and oxygen atoms in total. The van der Waals surface area contributed by atoms with Crippen molar-refractivity contribution < 1.29 is 9.31 Å². The lowest BCUT2D eigenvalue weighted by molar-refractivity contribution is -0.774. The summed E-state index contributed by atoms with van der Waals surface area (Å²) in [5, 5.41) is 6.12. The van der Waals surface area contributed by atoms with Gasteiger partial charge in [-0.3, -0.25) is 0 Å². The fraction of sp³-hybridized carbons (Fsp3) is 0.818. The summed E-state index contributed by atoms with van der Waals surface area (Å²) in [6, 6.07) is 0. The average Bonchev–Trinajstić information content (AvgIpc) is 2.48. The monoisotopic (exact) mass is 224 g/mol. The molecule has 2 heterocycles. The molecule has 0 aromatic carbocycles. The van der Waals surface area contributed by atoms with Crippen LogP contribution in [0.3, 0.4) is 0 Å². The van der Waals surface area contributed by atoms with Gasteiger partial charge in [-0.25, -0.2) is 0 Å². The molecule has 1 aromatic rings. The van der Waals surface area contributed by atoms with E-state index in [-0.39, 0.29) is 17.0 Å². The van der Waals surface area contributed by atoms with E-state index in [1.54, 1.807) is 11.0 Å². The number of hydrogen-bond donors (Lipinski definition) is 0. The Bertz CT molecular complexity index is 367. The lowest BCUT2D eigenvalue weighted by Crippen LogP contribution is -2.76. The molecule has 1 aliphatic heterocycles. The number of aromatic nitrogens is 2. The zero-order valence-corrected chi connectivity index (χ0v) is 10.4. The summed E-state index contributed by atoms with van der Waals surface area (Å²) in [4.78, 5) is 1.68. The van der Waals surface area contributed by atoms with Crippen LogP contribution in [0.4, 0.5) is 5.88 Å². The van der Waals surface area contributed by atoms with Gasteiger partial charge in [0.1, 0.15) is 5.88 Å². The second-order valence-corrected chi connectivity index (χ2v) is 5.78. The molecule has 0 atom stereocenters. The largest absolute Gasteiger partial charge is 0.660 e. The molecule has 0 bridgehead atoms. The lowest BCUT2D eigenvalue weighted by atomic mass is 9.82. The maximum Gasteiger partial charge on any atom is 0.256 e. The van der Waals surface area contributed by atoms with E-state index in [1.807, 2.05) is 0 Å². The predicted molar refractivity (Wildman–Crippen MR) is 60.9 cm³/mol. The zero-order valence-electron chi connectivity index (χ0n) is 10.4. The third-order valence-corrected chi connectivity index (χ3v) is 3.38. The highest BCUT2D eigenvalue weighted by Crippen LogP contribution is 2.34. The normalized spacial score (nSPS) is 23.4. The minimum atomic E-state index is 0.0374. The first kappa shape index (κ1) is 11.2. The van der Waals surface area contributed by atoms with Gasteiger partial charge < -0.3 is 10.3 Å². The van der Waals surface area contributed by atoms with E-state index < -0.39 is 0 Å². The second-order valence-electron chi connectivity index (χ2n) is 5.78. The second kappa shape index (κ2) is 3.37. The van der Waals surface area contributed by atoms with Crippen LogP contribution >= 0.6 is 0 Å². The van der Waals surface area contributed by atoms with Gasteiger partial charge in [0.15, 0.2) is 0 Å². The number of nitrogens with one attached hydrogen (secondary N) is 1. The van der Waals surface area contributed by atoms with Crippen molar-refractivity contribution in [2.45, 2.75) is 58.0 Å². The first-order valence-electron chi connectivity index (χ1n) is 5.74. The van der Waals surface area contributed by atoms with Crippen LogP contribution < -0.4 is 9.80 Å². The van der Waals surface area contributed by atoms with Gasteiger partial charge in [0.05, 0.1) is 15.9 Å². The number of piperidine rings is 1. The summed E-state index contributed by atoms with van der Waals surface area (Å²) in [7, 11) is 0. The molecular formula is C11H20N4O. The summed E-state index contributed by atoms with van der Waals surface area (Å²) in [5.74, 6) is 0.0946. The molecule has 0 unspecified atom stereocenters. The Morgan fingerprint density at radius 3 is 2.31 bits per heavy atom. The maximum atomic E-state index is 7.42. The van der Waals surface area contributed by atoms with Gasteiger partial charge in [-0.2, -0.15) is 0 Å². The van der Waals surface area contributed by atoms with Crippen molar-refractivity contribution in [3.8, 4) is 0 Å². The van der Waals surface area contributed by atoms with Crippen LogP contribution in [0.15, 0.2) is 10.7 Å². The molecule has 1 aliphatic rings. The van der Waals surface area contributed by atoms with E-state index in [9.17, 15) is 0 Å². The molecule has 90 valence electrons. The molecule has 0 aliphatic carbocycles. The Labute approximate surface area is 96.1 Å². The van der Waals surface area contributed by atoms with Crippen LogP contribution in [0.2, 0.25) is 0 Å². The lowest BCUT2D eigenvalue weighted by Gasteiger charge is -2.46. The predicted octanol–water partition coefficient (Wildman–Crippen LogP) is 2.32. The van der Waals surface area contributed by atoms with Gasteiger partial charge in [-0.15, -0.1) is 5.01 Å². The molecule has 5 heteroatoms. The highest BCUT2D eigenvalue weighted by molar-refractivity contribution is 5.20. The van der Waals surface area contributed by atoms with E-state index in [0.29, 0.717) is 0 Å². The van der Waals surface area contributed by atoms with Crippen LogP contribution in [-0.2, 0) is 0 Å². The van der Waals surface area contributed by atoms with E-state index in [4.69, 9.17) is 10.3 Å². The van der Waals surface area contributed by atoms with E-state index in [2.05, 4.69) is 38.0 Å². The molecule has 0 spiro atoms. The zero-order chi connectivity index (χ0) is 12.0. The SMILES string of the molecule is CC1(C)CCCC(C)(C)N1[n+]1cc([NH-])on1. The number of nitrogens with zero attached hydrogens (tertiary/aromatic N) is 3. The van der Waals surface area contributed by atoms with Crippen molar-refractivity contribution in [2.24, 2.45) is 0 Å². The quantitative estimate of drug-likeness (QED) is 0.688. The Hall–Kier alpha value is -1.26. The molecule has 0 radical (unpaired) electrons. The molecule has 0 saturated carbocycles. The van der Waals surface area contributed by atoms with Gasteiger partial charge in [0, 0.05) is 0 Å². The van der Waals surface area contributed by atoms with E-state index in [0.717, 1.165) is 12.8 Å². The molecule has 2 rings (SSSR count). The minimum Gasteiger partial charge on any atom is -0.660 e. The summed E-state index contributed by atoms with van der Waals surface area (Å²) >= 11 is 0. The van der Waals surface area contributed by atoms with Crippen molar-refractivity contribution in [3.63, 3.8) is 0 Å². The maximum absolute atomic E-state index is 7.42. The average molecular weight is 224 g/mol. The van der Waals surface area contributed by atoms with E-state index in [1.165, 1.54) is 6.42 Å². The minimum absolute atomic E-state index is 0.0374. The fourth-order valence-electron chi connectivity index (χ4n) is 2.87. The standard InChI is InChI=1S/C11H20N4O/c1-10(2)6-5-7-11(3,4)15(10)14-8-9(12)16-13-14/h8,12H,5-7H2,1-4H3. The molecule has 1 fully saturated rings. The number of rotatable bonds is 1. The van der Waals surface area contributed by atoms with Gasteiger partial charge in [-0.1, -0.05) is 0 Å². The third kappa shape index (κ3) is 1.74. The Morgan fingerprint density at radius 1 is 1.31 bits per heavy atom. The molecule has 1 saturated heterocycles. The molecular weight excluding hydrogens is 204 g/mol. The summed E-state index contributed by atoms with van der Waals surface area (Å²) in [5.41, 5.74) is 7.49. The third-order valence-electron chi connectivity index (χ3n) is 3.38. The Kier molecular flexibility index (Phi) is 2.36. The first-order chi connectivity index (χ1) is 7.33. The summed E-state index contributed by atoms with van der Waals surface area (Å²) in [6.07, 6.45) is 5.10. The molecule has 1 N–H and O–H groups in total. The van der Waals surface area contributed by atoms with Crippen molar-refractivity contribution in [1.82, 2.24) is 5.27 Å². The fourth-order valence-corrected chi connectivity index (χ4v) is 2.87. The smallest absolute Gasteiger partial charge is 0.256 e. The van der Waals surface area contributed by atoms with Crippen molar-refractivity contribution >= 4 is 5.88 Å². The number of hydrogen-bond acceptors (Lipinski definition) is 3. The van der Waals surface area contributed by atoms with Crippen LogP contribution in [-0.4, -0.2) is 16.3 Å². The molecule has 1 aromatic heterocycles. The molecule has 0 amide bonds. The van der Waals surface area contributed by atoms with Gasteiger partial charge in [0.2, 0.25) is 5.27 Å². The van der Waals surface area contributed by atoms with E-state index >= 15 is 0 Å². The topological polar surface area (TPSA) is 57.0 Å². The highest BCUT2D eigenvalue weighted by atomic mass is 16.5.